The zero-order valence-corrected chi connectivity index (χ0v) is 18.6. The fourth-order valence-electron chi connectivity index (χ4n) is 5.50. The molecule has 4 atom stereocenters. The van der Waals surface area contributed by atoms with Crippen molar-refractivity contribution in [2.24, 2.45) is 11.8 Å². The van der Waals surface area contributed by atoms with Crippen molar-refractivity contribution in [2.75, 3.05) is 26.1 Å². The third kappa shape index (κ3) is 3.53. The molecule has 0 saturated carbocycles. The minimum atomic E-state index is -0.477. The normalized spacial score (nSPS) is 23.7. The second-order valence-corrected chi connectivity index (χ2v) is 8.74. The summed E-state index contributed by atoms with van der Waals surface area (Å²) in [4.78, 5) is 28.5. The van der Waals surface area contributed by atoms with Gasteiger partial charge in [-0.25, -0.2) is 0 Å². The fraction of sp³-hybridized carbons (Fsp3) is 0.308. The Kier molecular flexibility index (Phi) is 5.52. The number of carbonyl (C=O) groups is 1. The highest BCUT2D eigenvalue weighted by Gasteiger charge is 2.54. The fourth-order valence-corrected chi connectivity index (χ4v) is 5.50. The van der Waals surface area contributed by atoms with Crippen LogP contribution >= 0.6 is 0 Å². The number of ether oxygens (including phenoxy) is 1. The van der Waals surface area contributed by atoms with Crippen LogP contribution in [-0.4, -0.2) is 47.3 Å². The minimum Gasteiger partial charge on any atom is -0.497 e. The molecule has 0 aliphatic carbocycles. The quantitative estimate of drug-likeness (QED) is 0.631. The van der Waals surface area contributed by atoms with E-state index in [-0.39, 0.29) is 36.0 Å². The lowest BCUT2D eigenvalue weighted by atomic mass is 9.88. The van der Waals surface area contributed by atoms with Gasteiger partial charge in [-0.3, -0.25) is 14.5 Å². The Hall–Kier alpha value is -3.42. The topological polar surface area (TPSA) is 83.8 Å². The molecule has 3 aromatic rings. The Balaban J connectivity index is 1.45. The maximum atomic E-state index is 13.4. The lowest BCUT2D eigenvalue weighted by Gasteiger charge is -2.27. The average Bonchev–Trinajstić information content (AvgIpc) is 3.35. The average molecular weight is 446 g/mol. The number of aromatic nitrogens is 1. The van der Waals surface area contributed by atoms with Gasteiger partial charge in [0.1, 0.15) is 5.75 Å². The summed E-state index contributed by atoms with van der Waals surface area (Å²) >= 11 is 0. The summed E-state index contributed by atoms with van der Waals surface area (Å²) in [7, 11) is 3.51. The van der Waals surface area contributed by atoms with Crippen molar-refractivity contribution in [1.82, 2.24) is 9.47 Å². The Morgan fingerprint density at radius 3 is 2.48 bits per heavy atom. The summed E-state index contributed by atoms with van der Waals surface area (Å²) in [5, 5.41) is 13.2. The van der Waals surface area contributed by atoms with Gasteiger partial charge in [-0.15, -0.1) is 0 Å². The van der Waals surface area contributed by atoms with Crippen LogP contribution in [0.2, 0.25) is 0 Å². The number of amides is 1. The zero-order valence-electron chi connectivity index (χ0n) is 18.6. The van der Waals surface area contributed by atoms with E-state index in [2.05, 4.69) is 5.32 Å². The molecule has 170 valence electrons. The van der Waals surface area contributed by atoms with Gasteiger partial charge < -0.3 is 19.7 Å². The molecule has 0 radical (unpaired) electrons. The summed E-state index contributed by atoms with van der Waals surface area (Å²) in [5.41, 5.74) is 3.02. The number of anilines is 1. The number of rotatable bonds is 5. The van der Waals surface area contributed by atoms with E-state index in [4.69, 9.17) is 4.74 Å². The van der Waals surface area contributed by atoms with Gasteiger partial charge in [0.05, 0.1) is 19.2 Å². The number of benzene rings is 2. The number of hydrogen-bond acceptors (Lipinski definition) is 5. The monoisotopic (exact) mass is 445 g/mol. The van der Waals surface area contributed by atoms with Crippen LogP contribution in [0.5, 0.6) is 5.75 Å². The van der Waals surface area contributed by atoms with Gasteiger partial charge in [-0.1, -0.05) is 30.3 Å². The molecule has 2 aliphatic heterocycles. The molecule has 0 spiro atoms. The Labute approximate surface area is 192 Å². The third-order valence-electron chi connectivity index (χ3n) is 7.06. The largest absolute Gasteiger partial charge is 0.497 e. The molecule has 1 aromatic heterocycles. The maximum absolute atomic E-state index is 13.4. The van der Waals surface area contributed by atoms with Crippen LogP contribution in [0.25, 0.3) is 11.1 Å². The van der Waals surface area contributed by atoms with E-state index in [0.717, 1.165) is 22.7 Å². The van der Waals surface area contributed by atoms with Gasteiger partial charge in [0.2, 0.25) is 5.91 Å². The van der Waals surface area contributed by atoms with Gasteiger partial charge >= 0.3 is 0 Å². The summed E-state index contributed by atoms with van der Waals surface area (Å²) < 4.78 is 7.02. The molecule has 1 amide bonds. The number of methoxy groups -OCH3 is 1. The molecule has 2 N–H and O–H groups in total. The maximum Gasteiger partial charge on any atom is 0.258 e. The first-order chi connectivity index (χ1) is 16.0. The molecule has 0 bridgehead atoms. The smallest absolute Gasteiger partial charge is 0.258 e. The highest BCUT2D eigenvalue weighted by Crippen LogP contribution is 2.48. The first-order valence-corrected chi connectivity index (χ1v) is 11.1. The number of likely N-dealkylation sites (N-methyl/N-ethyl adjacent to an activating group) is 1. The molecular weight excluding hydrogens is 418 g/mol. The molecule has 2 aliphatic rings. The molecule has 7 nitrogen and oxygen atoms in total. The number of aliphatic hydroxyl groups is 1. The molecular formula is C26H27N3O4. The first kappa shape index (κ1) is 21.4. The van der Waals surface area contributed by atoms with Crippen molar-refractivity contribution < 1.29 is 14.6 Å². The van der Waals surface area contributed by atoms with Gasteiger partial charge in [-0.05, 0) is 49.0 Å². The van der Waals surface area contributed by atoms with Crippen molar-refractivity contribution in [3.05, 3.63) is 82.8 Å². The second-order valence-electron chi connectivity index (χ2n) is 8.74. The van der Waals surface area contributed by atoms with Crippen molar-refractivity contribution in [1.29, 1.82) is 0 Å². The van der Waals surface area contributed by atoms with Crippen molar-refractivity contribution >= 4 is 11.6 Å². The van der Waals surface area contributed by atoms with E-state index in [9.17, 15) is 14.7 Å². The minimum absolute atomic E-state index is 0.0228. The van der Waals surface area contributed by atoms with Crippen LogP contribution in [0.1, 0.15) is 11.7 Å². The van der Waals surface area contributed by atoms with Gasteiger partial charge in [-0.2, -0.15) is 0 Å². The summed E-state index contributed by atoms with van der Waals surface area (Å²) in [6.45, 7) is 0.361. The van der Waals surface area contributed by atoms with Gasteiger partial charge in [0.25, 0.3) is 5.56 Å². The van der Waals surface area contributed by atoms with Crippen LogP contribution < -0.4 is 15.6 Å². The first-order valence-electron chi connectivity index (χ1n) is 11.1. The van der Waals surface area contributed by atoms with Crippen LogP contribution in [-0.2, 0) is 11.3 Å². The van der Waals surface area contributed by atoms with Crippen molar-refractivity contribution in [3.63, 3.8) is 0 Å². The number of aliphatic hydroxyl groups excluding tert-OH is 1. The number of carbonyl (C=O) groups excluding carboxylic acids is 1. The van der Waals surface area contributed by atoms with Crippen LogP contribution in [0.4, 0.5) is 5.69 Å². The summed E-state index contributed by atoms with van der Waals surface area (Å²) in [6, 6.07) is 20.0. The summed E-state index contributed by atoms with van der Waals surface area (Å²) in [5.74, 6) is 0.306. The highest BCUT2D eigenvalue weighted by molar-refractivity contribution is 5.95. The SMILES string of the molecule is COc1ccc(-c2ccc3n(c2=O)C[C@H]2[C@H](CO)[C@@H](C(=O)Nc4ccccc4)N(C)[C@@H]32)cc1. The van der Waals surface area contributed by atoms with E-state index >= 15 is 0 Å². The molecule has 3 heterocycles. The molecule has 7 heteroatoms. The Morgan fingerprint density at radius 1 is 1.09 bits per heavy atom. The van der Waals surface area contributed by atoms with E-state index in [1.807, 2.05) is 78.7 Å². The molecule has 0 unspecified atom stereocenters. The molecule has 1 fully saturated rings. The van der Waals surface area contributed by atoms with E-state index < -0.39 is 6.04 Å². The number of hydrogen-bond donors (Lipinski definition) is 2. The summed E-state index contributed by atoms with van der Waals surface area (Å²) in [6.07, 6.45) is 0. The van der Waals surface area contributed by atoms with Crippen LogP contribution in [0.15, 0.2) is 71.5 Å². The predicted molar refractivity (Wildman–Crippen MR) is 126 cm³/mol. The zero-order chi connectivity index (χ0) is 23.1. The van der Waals surface area contributed by atoms with E-state index in [0.29, 0.717) is 12.1 Å². The lowest BCUT2D eigenvalue weighted by molar-refractivity contribution is -0.122. The van der Waals surface area contributed by atoms with E-state index in [1.54, 1.807) is 11.7 Å². The third-order valence-corrected chi connectivity index (χ3v) is 7.06. The number of nitrogens with one attached hydrogen (secondary N) is 1. The number of pyridine rings is 1. The van der Waals surface area contributed by atoms with Crippen molar-refractivity contribution in [2.45, 2.75) is 18.6 Å². The number of nitrogens with zero attached hydrogens (tertiary/aromatic N) is 2. The van der Waals surface area contributed by atoms with Crippen molar-refractivity contribution in [3.8, 4) is 16.9 Å². The van der Waals surface area contributed by atoms with E-state index in [1.165, 1.54) is 0 Å². The van der Waals surface area contributed by atoms with Crippen LogP contribution in [0.3, 0.4) is 0 Å². The highest BCUT2D eigenvalue weighted by atomic mass is 16.5. The molecule has 5 rings (SSSR count). The standard InChI is InChI=1S/C26H27N3O4/c1-28-23-20(21(15-30)24(28)25(31)27-17-6-4-3-5-7-17)14-29-22(23)13-12-19(26(29)32)16-8-10-18(33-2)11-9-16/h3-13,20-21,23-24,30H,14-15H2,1-2H3,(H,27,31)/t20-,21-,23+,24-/m0/s1. The van der Waals surface area contributed by atoms with Gasteiger partial charge in [0.15, 0.2) is 0 Å². The molecule has 2 aromatic carbocycles. The Morgan fingerprint density at radius 2 is 1.82 bits per heavy atom. The Bertz CT molecular complexity index is 1220. The number of likely N-dealkylation sites (tertiary alicyclic amines) is 1. The lowest BCUT2D eigenvalue weighted by Crippen LogP contribution is -2.44. The molecule has 1 saturated heterocycles. The number of para-hydroxylation sites is 1. The predicted octanol–water partition coefficient (Wildman–Crippen LogP) is 2.76. The second kappa shape index (κ2) is 8.50. The van der Waals surface area contributed by atoms with Gasteiger partial charge in [0, 0.05) is 41.9 Å². The van der Waals surface area contributed by atoms with Crippen LogP contribution in [0, 0.1) is 11.8 Å². The number of fused-ring (bicyclic) bond motifs is 3. The molecule has 33 heavy (non-hydrogen) atoms.